The fourth-order valence-corrected chi connectivity index (χ4v) is 2.78. The summed E-state index contributed by atoms with van der Waals surface area (Å²) >= 11 is 3.25. The highest BCUT2D eigenvalue weighted by Crippen LogP contribution is 2.29. The van der Waals surface area contributed by atoms with Crippen LogP contribution in [0.1, 0.15) is 21.5 Å². The molecule has 1 amide bonds. The number of hydrogen-bond donors (Lipinski definition) is 2. The third-order valence-electron chi connectivity index (χ3n) is 3.24. The third-order valence-corrected chi connectivity index (χ3v) is 3.70. The highest BCUT2D eigenvalue weighted by Gasteiger charge is 2.43. The predicted molar refractivity (Wildman–Crippen MR) is 84.8 cm³/mol. The Morgan fingerprint density at radius 1 is 1.27 bits per heavy atom. The molecule has 146 valence electrons. The molecule has 0 aliphatic carbocycles. The Hall–Kier alpha value is -1.70. The number of alkyl halides is 3. The van der Waals surface area contributed by atoms with Gasteiger partial charge in [-0.25, -0.2) is 4.79 Å². The van der Waals surface area contributed by atoms with Crippen molar-refractivity contribution in [2.75, 3.05) is 13.7 Å². The maximum Gasteiger partial charge on any atom is 0.471 e. The van der Waals surface area contributed by atoms with Crippen molar-refractivity contribution >= 4 is 38.2 Å². The third kappa shape index (κ3) is 6.55. The molecule has 0 unspecified atom stereocenters. The molecule has 0 radical (unpaired) electrons. The van der Waals surface area contributed by atoms with Gasteiger partial charge in [-0.1, -0.05) is 15.9 Å². The average molecular weight is 464 g/mol. The minimum Gasteiger partial charge on any atom is -0.465 e. The van der Waals surface area contributed by atoms with E-state index in [9.17, 15) is 22.8 Å². The summed E-state index contributed by atoms with van der Waals surface area (Å²) in [6, 6.07) is 3.21. The average Bonchev–Trinajstić information content (AvgIpc) is 2.49. The monoisotopic (exact) mass is 463 g/mol. The van der Waals surface area contributed by atoms with Crippen LogP contribution in [0.15, 0.2) is 16.6 Å². The fourth-order valence-electron chi connectivity index (χ4n) is 2.27. The van der Waals surface area contributed by atoms with E-state index in [0.29, 0.717) is 14.9 Å². The van der Waals surface area contributed by atoms with E-state index < -0.39 is 28.5 Å². The molecule has 2 N–H and O–H groups in total. The topological polar surface area (TPSA) is 121 Å². The van der Waals surface area contributed by atoms with Gasteiger partial charge in [-0.15, -0.1) is 0 Å². The molecule has 0 atom stereocenters. The molecule has 1 aliphatic rings. The summed E-state index contributed by atoms with van der Waals surface area (Å²) in [6.45, 7) is -0.298. The first-order valence-electron chi connectivity index (χ1n) is 6.69. The van der Waals surface area contributed by atoms with Crippen molar-refractivity contribution in [3.63, 3.8) is 0 Å². The minimum absolute atomic E-state index is 0.0393. The number of nitrogens with zero attached hydrogens (tertiary/aromatic N) is 1. The van der Waals surface area contributed by atoms with Gasteiger partial charge in [-0.2, -0.15) is 21.6 Å². The zero-order valence-electron chi connectivity index (χ0n) is 13.1. The van der Waals surface area contributed by atoms with E-state index in [1.165, 1.54) is 13.2 Å². The van der Waals surface area contributed by atoms with Gasteiger partial charge in [0.05, 0.1) is 12.7 Å². The van der Waals surface area contributed by atoms with E-state index in [1.807, 2.05) is 0 Å². The van der Waals surface area contributed by atoms with Crippen LogP contribution < -0.4 is 0 Å². The lowest BCUT2D eigenvalue weighted by molar-refractivity contribution is -0.186. The number of methoxy groups -OCH3 is 1. The molecule has 1 aliphatic heterocycles. The Kier molecular flexibility index (Phi) is 7.16. The minimum atomic E-state index is -4.92. The first-order chi connectivity index (χ1) is 11.7. The molecular formula is C13H13BrF3NO7S. The van der Waals surface area contributed by atoms with Crippen LogP contribution in [0.5, 0.6) is 0 Å². The van der Waals surface area contributed by atoms with Gasteiger partial charge in [0.15, 0.2) is 0 Å². The smallest absolute Gasteiger partial charge is 0.465 e. The van der Waals surface area contributed by atoms with Crippen molar-refractivity contribution in [2.24, 2.45) is 0 Å². The molecule has 0 aromatic heterocycles. The van der Waals surface area contributed by atoms with Gasteiger partial charge in [0.1, 0.15) is 0 Å². The largest absolute Gasteiger partial charge is 0.471 e. The second-order valence-electron chi connectivity index (χ2n) is 5.00. The van der Waals surface area contributed by atoms with Crippen molar-refractivity contribution in [1.82, 2.24) is 4.90 Å². The second-order valence-corrected chi connectivity index (χ2v) is 6.82. The van der Waals surface area contributed by atoms with Gasteiger partial charge < -0.3 is 9.64 Å². The maximum absolute atomic E-state index is 12.5. The van der Waals surface area contributed by atoms with E-state index in [1.54, 1.807) is 6.07 Å². The summed E-state index contributed by atoms with van der Waals surface area (Å²) in [5.41, 5.74) is 1.30. The fraction of sp³-hybridized carbons (Fsp3) is 0.385. The van der Waals surface area contributed by atoms with Gasteiger partial charge in [-0.05, 0) is 29.7 Å². The van der Waals surface area contributed by atoms with Gasteiger partial charge in [0.2, 0.25) is 0 Å². The molecular weight excluding hydrogens is 451 g/mol. The molecule has 0 saturated carbocycles. The normalized spacial score (nSPS) is 14.0. The zero-order valence-corrected chi connectivity index (χ0v) is 15.5. The van der Waals surface area contributed by atoms with Crippen LogP contribution in [0.4, 0.5) is 13.2 Å². The second kappa shape index (κ2) is 8.33. The molecule has 0 spiro atoms. The van der Waals surface area contributed by atoms with E-state index >= 15 is 0 Å². The Labute approximate surface area is 154 Å². The van der Waals surface area contributed by atoms with Crippen LogP contribution in [-0.4, -0.2) is 54.1 Å². The van der Waals surface area contributed by atoms with Crippen molar-refractivity contribution in [2.45, 2.75) is 19.1 Å². The molecule has 13 heteroatoms. The number of fused-ring (bicyclic) bond motifs is 1. The van der Waals surface area contributed by atoms with E-state index in [0.717, 1.165) is 5.56 Å². The Morgan fingerprint density at radius 3 is 2.27 bits per heavy atom. The number of carbonyl (C=O) groups is 2. The van der Waals surface area contributed by atoms with Crippen molar-refractivity contribution in [3.8, 4) is 0 Å². The molecule has 1 aromatic carbocycles. The Morgan fingerprint density at radius 2 is 1.81 bits per heavy atom. The van der Waals surface area contributed by atoms with Gasteiger partial charge in [0, 0.05) is 17.6 Å². The lowest BCUT2D eigenvalue weighted by Crippen LogP contribution is -2.44. The molecule has 26 heavy (non-hydrogen) atoms. The van der Waals surface area contributed by atoms with Gasteiger partial charge in [-0.3, -0.25) is 13.9 Å². The van der Waals surface area contributed by atoms with Gasteiger partial charge in [0.25, 0.3) is 0 Å². The van der Waals surface area contributed by atoms with Gasteiger partial charge >= 0.3 is 28.5 Å². The lowest BCUT2D eigenvalue weighted by Gasteiger charge is -2.30. The zero-order chi connectivity index (χ0) is 20.3. The van der Waals surface area contributed by atoms with Crippen LogP contribution in [0.2, 0.25) is 0 Å². The lowest BCUT2D eigenvalue weighted by atomic mass is 9.94. The van der Waals surface area contributed by atoms with E-state index in [4.69, 9.17) is 17.5 Å². The van der Waals surface area contributed by atoms with E-state index in [2.05, 4.69) is 20.7 Å². The van der Waals surface area contributed by atoms with Crippen LogP contribution in [0.25, 0.3) is 0 Å². The molecule has 0 bridgehead atoms. The first kappa shape index (κ1) is 22.3. The Bertz CT molecular complexity index is 803. The van der Waals surface area contributed by atoms with Crippen LogP contribution in [0.3, 0.4) is 0 Å². The van der Waals surface area contributed by atoms with Crippen molar-refractivity contribution in [1.29, 1.82) is 0 Å². The first-order valence-corrected chi connectivity index (χ1v) is 8.88. The molecule has 2 rings (SSSR count). The SMILES string of the molecule is COC(=O)c1cc(Br)cc2c1CN(C(=O)C(F)(F)F)CC2.O=S(=O)(O)O. The standard InChI is InChI=1S/C13H11BrF3NO3.H2O4S/c1-21-11(19)9-5-8(14)4-7-2-3-18(6-10(7)9)12(20)13(15,16)17;1-5(2,3)4/h4-5H,2-3,6H2,1H3;(H2,1,2,3,4). The van der Waals surface area contributed by atoms with E-state index in [-0.39, 0.29) is 25.1 Å². The summed E-state index contributed by atoms with van der Waals surface area (Å²) in [4.78, 5) is 23.8. The highest BCUT2D eigenvalue weighted by molar-refractivity contribution is 9.10. The number of carbonyl (C=O) groups excluding carboxylic acids is 2. The summed E-state index contributed by atoms with van der Waals surface area (Å²) in [5.74, 6) is -2.54. The quantitative estimate of drug-likeness (QED) is 0.482. The molecule has 0 saturated heterocycles. The highest BCUT2D eigenvalue weighted by atomic mass is 79.9. The summed E-state index contributed by atoms with van der Waals surface area (Å²) in [7, 11) is -3.48. The summed E-state index contributed by atoms with van der Waals surface area (Å²) in [5, 5.41) is 0. The predicted octanol–water partition coefficient (Wildman–Crippen LogP) is 2.03. The molecule has 1 aromatic rings. The number of halogens is 4. The van der Waals surface area contributed by atoms with Crippen LogP contribution >= 0.6 is 15.9 Å². The summed E-state index contributed by atoms with van der Waals surface area (Å²) in [6.07, 6.45) is -4.67. The molecule has 1 heterocycles. The van der Waals surface area contributed by atoms with Crippen LogP contribution in [0, 0.1) is 0 Å². The summed E-state index contributed by atoms with van der Waals surface area (Å²) < 4.78 is 74.4. The van der Waals surface area contributed by atoms with Crippen molar-refractivity contribution in [3.05, 3.63) is 33.3 Å². The number of hydrogen-bond acceptors (Lipinski definition) is 5. The molecule has 0 fully saturated rings. The van der Waals surface area contributed by atoms with Crippen LogP contribution in [-0.2, 0) is 32.9 Å². The number of esters is 1. The number of benzene rings is 1. The number of amides is 1. The molecule has 8 nitrogen and oxygen atoms in total. The number of ether oxygens (including phenoxy) is 1. The van der Waals surface area contributed by atoms with Crippen molar-refractivity contribution < 1.29 is 45.0 Å². The number of rotatable bonds is 1. The Balaban J connectivity index is 0.000000597. The maximum atomic E-state index is 12.5.